The van der Waals surface area contributed by atoms with Gasteiger partial charge in [-0.05, 0) is 44.2 Å². The minimum atomic E-state index is 0.703. The maximum Gasteiger partial charge on any atom is 0.186 e. The van der Waals surface area contributed by atoms with Crippen molar-refractivity contribution in [1.82, 2.24) is 10.3 Å². The van der Waals surface area contributed by atoms with Crippen LogP contribution in [-0.2, 0) is 13.1 Å². The second-order valence-corrected chi connectivity index (χ2v) is 7.71. The molecule has 0 unspecified atom stereocenters. The number of hydrogen-bond donors (Lipinski definition) is 1. The topological polar surface area (TPSA) is 28.2 Å². The number of aromatic nitrogens is 1. The van der Waals surface area contributed by atoms with Crippen molar-refractivity contribution in [2.75, 3.05) is 11.4 Å². The zero-order valence-electron chi connectivity index (χ0n) is 12.8. The summed E-state index contributed by atoms with van der Waals surface area (Å²) in [6.45, 7) is 7.38. The second kappa shape index (κ2) is 6.90. The average Bonchev–Trinajstić information content (AvgIpc) is 3.06. The molecule has 1 aliphatic rings. The van der Waals surface area contributed by atoms with Crippen molar-refractivity contribution in [3.8, 4) is 0 Å². The fraction of sp³-hybridized carbons (Fsp3) is 0.562. The first kappa shape index (κ1) is 15.0. The van der Waals surface area contributed by atoms with Gasteiger partial charge in [0.1, 0.15) is 0 Å². The van der Waals surface area contributed by atoms with Crippen LogP contribution in [0.2, 0.25) is 0 Å². The van der Waals surface area contributed by atoms with Gasteiger partial charge in [0.25, 0.3) is 0 Å². The van der Waals surface area contributed by atoms with Gasteiger partial charge >= 0.3 is 0 Å². The number of nitrogens with one attached hydrogen (secondary N) is 1. The smallest absolute Gasteiger partial charge is 0.186 e. The Morgan fingerprint density at radius 1 is 1.43 bits per heavy atom. The molecule has 114 valence electrons. The molecule has 2 aromatic heterocycles. The molecular formula is C16H23N3S2. The molecule has 3 nitrogen and oxygen atoms in total. The van der Waals surface area contributed by atoms with Crippen molar-refractivity contribution in [2.45, 2.75) is 52.2 Å². The molecule has 5 heteroatoms. The van der Waals surface area contributed by atoms with Crippen molar-refractivity contribution in [1.29, 1.82) is 0 Å². The minimum absolute atomic E-state index is 0.703. The lowest BCUT2D eigenvalue weighted by Gasteiger charge is -2.20. The Morgan fingerprint density at radius 3 is 2.95 bits per heavy atom. The van der Waals surface area contributed by atoms with Gasteiger partial charge in [-0.2, -0.15) is 0 Å². The molecule has 3 rings (SSSR count). The van der Waals surface area contributed by atoms with Gasteiger partial charge in [0.15, 0.2) is 5.13 Å². The number of hydrogen-bond acceptors (Lipinski definition) is 5. The lowest BCUT2D eigenvalue weighted by Crippen LogP contribution is -2.24. The highest BCUT2D eigenvalue weighted by atomic mass is 32.1. The first-order chi connectivity index (χ1) is 10.3. The van der Waals surface area contributed by atoms with E-state index in [9.17, 15) is 0 Å². The van der Waals surface area contributed by atoms with E-state index in [4.69, 9.17) is 4.98 Å². The Bertz CT molecular complexity index is 558. The molecule has 2 heterocycles. The van der Waals surface area contributed by atoms with E-state index in [1.165, 1.54) is 39.8 Å². The summed E-state index contributed by atoms with van der Waals surface area (Å²) in [7, 11) is 0. The van der Waals surface area contributed by atoms with E-state index in [1.54, 1.807) is 0 Å². The van der Waals surface area contributed by atoms with E-state index < -0.39 is 0 Å². The lowest BCUT2D eigenvalue weighted by molar-refractivity contribution is 0.678. The van der Waals surface area contributed by atoms with Crippen LogP contribution in [0.15, 0.2) is 17.5 Å². The molecule has 0 aromatic carbocycles. The van der Waals surface area contributed by atoms with E-state index >= 15 is 0 Å². The summed E-state index contributed by atoms with van der Waals surface area (Å²) in [5.74, 6) is 0. The molecule has 1 aliphatic carbocycles. The molecule has 0 radical (unpaired) electrons. The van der Waals surface area contributed by atoms with Gasteiger partial charge in [0, 0.05) is 22.3 Å². The summed E-state index contributed by atoms with van der Waals surface area (Å²) in [4.78, 5) is 10.2. The zero-order chi connectivity index (χ0) is 14.7. The van der Waals surface area contributed by atoms with Gasteiger partial charge in [-0.15, -0.1) is 22.7 Å². The summed E-state index contributed by atoms with van der Waals surface area (Å²) >= 11 is 3.71. The molecule has 0 saturated heterocycles. The molecule has 1 N–H and O–H groups in total. The molecule has 0 aliphatic heterocycles. The molecule has 0 spiro atoms. The van der Waals surface area contributed by atoms with Crippen LogP contribution in [0, 0.1) is 6.92 Å². The van der Waals surface area contributed by atoms with Crippen molar-refractivity contribution in [2.24, 2.45) is 0 Å². The molecule has 0 atom stereocenters. The second-order valence-electron chi connectivity index (χ2n) is 5.62. The Hall–Kier alpha value is -0.910. The minimum Gasteiger partial charge on any atom is -0.340 e. The van der Waals surface area contributed by atoms with Crippen LogP contribution >= 0.6 is 22.7 Å². The third-order valence-electron chi connectivity index (χ3n) is 3.73. The standard InChI is InChI=1S/C16H23N3S2/c1-3-8-17-10-15-12(2)18-16(21-15)19(13-6-7-13)11-14-5-4-9-20-14/h4-5,9,13,17H,3,6-8,10-11H2,1-2H3. The summed E-state index contributed by atoms with van der Waals surface area (Å²) in [6, 6.07) is 5.07. The predicted octanol–water partition coefficient (Wildman–Crippen LogP) is 4.18. The lowest BCUT2D eigenvalue weighted by atomic mass is 10.4. The van der Waals surface area contributed by atoms with Crippen molar-refractivity contribution in [3.63, 3.8) is 0 Å². The van der Waals surface area contributed by atoms with E-state index in [-0.39, 0.29) is 0 Å². The molecule has 0 bridgehead atoms. The third-order valence-corrected chi connectivity index (χ3v) is 5.79. The number of aryl methyl sites for hydroxylation is 1. The maximum atomic E-state index is 4.84. The Labute approximate surface area is 135 Å². The van der Waals surface area contributed by atoms with Crippen LogP contribution < -0.4 is 10.2 Å². The molecule has 0 amide bonds. The number of rotatable bonds is 8. The number of thiazole rings is 1. The largest absolute Gasteiger partial charge is 0.340 e. The van der Waals surface area contributed by atoms with Crippen LogP contribution in [-0.4, -0.2) is 17.6 Å². The third kappa shape index (κ3) is 3.84. The normalized spacial score (nSPS) is 14.6. The fourth-order valence-electron chi connectivity index (χ4n) is 2.39. The van der Waals surface area contributed by atoms with Crippen LogP contribution in [0.3, 0.4) is 0 Å². The van der Waals surface area contributed by atoms with E-state index in [2.05, 4.69) is 41.6 Å². The van der Waals surface area contributed by atoms with Crippen LogP contribution in [0.25, 0.3) is 0 Å². The number of nitrogens with zero attached hydrogens (tertiary/aromatic N) is 2. The van der Waals surface area contributed by atoms with Crippen molar-refractivity contribution < 1.29 is 0 Å². The summed E-state index contributed by atoms with van der Waals surface area (Å²) in [6.07, 6.45) is 3.80. The van der Waals surface area contributed by atoms with Gasteiger partial charge in [-0.25, -0.2) is 4.98 Å². The maximum absolute atomic E-state index is 4.84. The van der Waals surface area contributed by atoms with Gasteiger partial charge in [0.2, 0.25) is 0 Å². The van der Waals surface area contributed by atoms with Gasteiger partial charge in [-0.1, -0.05) is 13.0 Å². The first-order valence-corrected chi connectivity index (χ1v) is 9.43. The van der Waals surface area contributed by atoms with Crippen molar-refractivity contribution >= 4 is 27.8 Å². The molecule has 1 saturated carbocycles. The number of thiophene rings is 1. The molecule has 21 heavy (non-hydrogen) atoms. The Kier molecular flexibility index (Phi) is 4.93. The van der Waals surface area contributed by atoms with E-state index in [1.807, 2.05) is 22.7 Å². The zero-order valence-corrected chi connectivity index (χ0v) is 14.4. The summed E-state index contributed by atoms with van der Waals surface area (Å²) in [5.41, 5.74) is 1.19. The SMILES string of the molecule is CCCNCc1sc(N(Cc2cccs2)C2CC2)nc1C. The van der Waals surface area contributed by atoms with E-state index in [0.717, 1.165) is 19.6 Å². The highest BCUT2D eigenvalue weighted by Crippen LogP contribution is 2.36. The fourth-order valence-corrected chi connectivity index (χ4v) is 4.19. The van der Waals surface area contributed by atoms with Crippen LogP contribution in [0.1, 0.15) is 41.6 Å². The molecule has 1 fully saturated rings. The van der Waals surface area contributed by atoms with Crippen molar-refractivity contribution in [3.05, 3.63) is 33.0 Å². The Morgan fingerprint density at radius 2 is 2.29 bits per heavy atom. The van der Waals surface area contributed by atoms with Crippen LogP contribution in [0.4, 0.5) is 5.13 Å². The molecule has 2 aromatic rings. The average molecular weight is 322 g/mol. The highest BCUT2D eigenvalue weighted by Gasteiger charge is 2.31. The summed E-state index contributed by atoms with van der Waals surface area (Å²) < 4.78 is 0. The quantitative estimate of drug-likeness (QED) is 0.739. The Balaban J connectivity index is 1.72. The predicted molar refractivity (Wildman–Crippen MR) is 92.4 cm³/mol. The first-order valence-electron chi connectivity index (χ1n) is 7.74. The van der Waals surface area contributed by atoms with Gasteiger partial charge < -0.3 is 10.2 Å². The molecular weight excluding hydrogens is 298 g/mol. The monoisotopic (exact) mass is 321 g/mol. The van der Waals surface area contributed by atoms with Gasteiger partial charge in [0.05, 0.1) is 12.2 Å². The summed E-state index contributed by atoms with van der Waals surface area (Å²) in [5, 5.41) is 6.85. The van der Waals surface area contributed by atoms with Gasteiger partial charge in [-0.3, -0.25) is 0 Å². The van der Waals surface area contributed by atoms with Crippen LogP contribution in [0.5, 0.6) is 0 Å². The highest BCUT2D eigenvalue weighted by molar-refractivity contribution is 7.15. The number of anilines is 1. The van der Waals surface area contributed by atoms with E-state index in [0.29, 0.717) is 6.04 Å².